The van der Waals surface area contributed by atoms with Crippen LogP contribution in [0.4, 0.5) is 5.69 Å². The van der Waals surface area contributed by atoms with Gasteiger partial charge in [0.25, 0.3) is 11.7 Å². The first-order valence-electron chi connectivity index (χ1n) is 20.4. The average Bonchev–Trinajstić information content (AvgIpc) is 3.49. The number of fused-ring (bicyclic) bond motifs is 14. The highest BCUT2D eigenvalue weighted by Crippen LogP contribution is 2.55. The number of Topliss-reactive ketones (excluding diaryl/α,β-unsaturated/α-hetero) is 1. The van der Waals surface area contributed by atoms with E-state index in [4.69, 9.17) is 18.9 Å². The Morgan fingerprint density at radius 3 is 2.25 bits per heavy atom. The molecule has 1 fully saturated rings. The van der Waals surface area contributed by atoms with Crippen LogP contribution >= 0.6 is 0 Å². The maximum absolute atomic E-state index is 14.5. The van der Waals surface area contributed by atoms with Crippen LogP contribution in [0.25, 0.3) is 10.8 Å². The zero-order chi connectivity index (χ0) is 44.4. The van der Waals surface area contributed by atoms with Crippen molar-refractivity contribution in [3.8, 4) is 23.0 Å². The summed E-state index contributed by atoms with van der Waals surface area (Å²) in [5, 5.41) is 67.0. The van der Waals surface area contributed by atoms with Gasteiger partial charge in [-0.1, -0.05) is 52.8 Å². The highest BCUT2D eigenvalue weighted by atomic mass is 16.7. The number of esters is 1. The molecule has 60 heavy (non-hydrogen) atoms. The Bertz CT molecular complexity index is 2090. The third-order valence-corrected chi connectivity index (χ3v) is 12.2. The van der Waals surface area contributed by atoms with Gasteiger partial charge in [-0.15, -0.1) is 0 Å². The van der Waals surface area contributed by atoms with Gasteiger partial charge in [0, 0.05) is 87.3 Å². The van der Waals surface area contributed by atoms with Crippen LogP contribution in [0.2, 0.25) is 0 Å². The van der Waals surface area contributed by atoms with E-state index in [2.05, 4.69) is 22.2 Å². The molecule has 0 aromatic heterocycles. The van der Waals surface area contributed by atoms with Gasteiger partial charge in [-0.25, -0.2) is 0 Å². The Balaban J connectivity index is 1.70. The number of phenols is 3. The van der Waals surface area contributed by atoms with Crippen LogP contribution in [0.1, 0.15) is 76.9 Å². The molecular formula is C44H60N4O12. The molecule has 0 unspecified atom stereocenters. The zero-order valence-corrected chi connectivity index (χ0v) is 36.1. The minimum absolute atomic E-state index is 0.0572. The lowest BCUT2D eigenvalue weighted by Gasteiger charge is -2.38. The number of ketones is 1. The van der Waals surface area contributed by atoms with E-state index in [0.717, 1.165) is 19.6 Å². The minimum Gasteiger partial charge on any atom is -0.507 e. The highest BCUT2D eigenvalue weighted by Gasteiger charge is 2.50. The molecule has 6 rings (SSSR count). The summed E-state index contributed by atoms with van der Waals surface area (Å²) in [6.07, 6.45) is 4.88. The number of nitrogens with zero attached hydrogens (tertiary/aromatic N) is 3. The number of anilines is 1. The van der Waals surface area contributed by atoms with Gasteiger partial charge in [-0.05, 0) is 26.5 Å². The molecule has 0 saturated carbocycles. The van der Waals surface area contributed by atoms with E-state index in [0.29, 0.717) is 13.1 Å². The normalized spacial score (nSPS) is 31.7. The van der Waals surface area contributed by atoms with Gasteiger partial charge in [0.1, 0.15) is 23.4 Å². The van der Waals surface area contributed by atoms with Crippen LogP contribution in [-0.4, -0.2) is 129 Å². The van der Waals surface area contributed by atoms with Gasteiger partial charge in [0.05, 0.1) is 53.0 Å². The number of rotatable bonds is 5. The molecule has 1 amide bonds. The van der Waals surface area contributed by atoms with Crippen LogP contribution in [0.3, 0.4) is 0 Å². The molecule has 0 aliphatic carbocycles. The lowest BCUT2D eigenvalue weighted by molar-refractivity contribution is -0.160. The van der Waals surface area contributed by atoms with Gasteiger partial charge in [0.15, 0.2) is 5.75 Å². The summed E-state index contributed by atoms with van der Waals surface area (Å²) in [6.45, 7) is 18.1. The third kappa shape index (κ3) is 8.97. The molecule has 4 aliphatic heterocycles. The fourth-order valence-corrected chi connectivity index (χ4v) is 8.18. The van der Waals surface area contributed by atoms with Gasteiger partial charge in [0.2, 0.25) is 0 Å². The van der Waals surface area contributed by atoms with E-state index in [-0.39, 0.29) is 44.5 Å². The Labute approximate surface area is 350 Å². The predicted molar refractivity (Wildman–Crippen MR) is 225 cm³/mol. The second-order valence-electron chi connectivity index (χ2n) is 16.3. The molecule has 2 aromatic rings. The number of ether oxygens (including phenoxy) is 4. The summed E-state index contributed by atoms with van der Waals surface area (Å²) in [6, 6.07) is 0. The molecule has 16 nitrogen and oxygen atoms in total. The third-order valence-electron chi connectivity index (χ3n) is 12.2. The van der Waals surface area contributed by atoms with E-state index in [1.807, 2.05) is 0 Å². The molecule has 0 spiro atoms. The van der Waals surface area contributed by atoms with Crippen molar-refractivity contribution in [3.05, 3.63) is 52.8 Å². The van der Waals surface area contributed by atoms with Gasteiger partial charge in [-0.3, -0.25) is 24.3 Å². The number of methoxy groups -OCH3 is 1. The van der Waals surface area contributed by atoms with Crippen molar-refractivity contribution in [3.63, 3.8) is 0 Å². The summed E-state index contributed by atoms with van der Waals surface area (Å²) in [4.78, 5) is 42.8. The first kappa shape index (κ1) is 45.9. The number of hydrogen-bond donors (Lipinski definition) is 6. The SMILES string of the molecule is CCN1CCN(N=Cc2c3c(O)c4c(O)c(C)c5c(c4c2O)C(=O)[C@@](C)(O/C=C/[C@H](OC)[C@H](C)[C@@H](OC(C)=O)[C@@H](C)[C@H](O)[C@H](C)[C@@H](O)[C@@H](C)/C=C/C=C(/C)C(=O)N3)O5)CC1. The summed E-state index contributed by atoms with van der Waals surface area (Å²) in [5.41, 5.74) is -0.339. The number of aliphatic hydroxyl groups is 2. The molecule has 9 atom stereocenters. The number of likely N-dealkylation sites (N-methyl/N-ethyl adjacent to an activating group) is 1. The van der Waals surface area contributed by atoms with E-state index in [1.54, 1.807) is 44.9 Å². The summed E-state index contributed by atoms with van der Waals surface area (Å²) >= 11 is 0. The standard InChI is InChI=1S/C44H60N4O12/c1-11-47-16-18-48(19-17-47)45-21-29-34-39(54)32-31(38(29)53)33-41(27(7)37(32)52)60-44(9,42(33)55)58-20-15-30(57-10)24(4)40(59-28(8)49)26(6)36(51)25(5)35(50)22(2)13-12-14-23(3)43(56)46-34/h12-15,20-22,24-26,30,35-36,40,50-54H,11,16-19H2,1-10H3,(H,46,56)/b13-12+,20-15+,23-14-,45-21?/t22-,24-,25+,26-,30-,35-,36+,40+,44-/m0/s1. The van der Waals surface area contributed by atoms with E-state index in [9.17, 15) is 39.9 Å². The van der Waals surface area contributed by atoms with E-state index in [1.165, 1.54) is 59.4 Å². The second kappa shape index (κ2) is 18.6. The van der Waals surface area contributed by atoms with Crippen molar-refractivity contribution < 1.29 is 58.9 Å². The van der Waals surface area contributed by atoms with Crippen LogP contribution in [0, 0.1) is 30.6 Å². The van der Waals surface area contributed by atoms with Crippen LogP contribution < -0.4 is 10.1 Å². The monoisotopic (exact) mass is 836 g/mol. The predicted octanol–water partition coefficient (Wildman–Crippen LogP) is 4.73. The van der Waals surface area contributed by atoms with Gasteiger partial charge < -0.3 is 49.8 Å². The zero-order valence-electron chi connectivity index (χ0n) is 36.1. The molecule has 1 saturated heterocycles. The van der Waals surface area contributed by atoms with Crippen molar-refractivity contribution in [2.45, 2.75) is 92.5 Å². The Morgan fingerprint density at radius 2 is 1.63 bits per heavy atom. The molecule has 16 heteroatoms. The fraction of sp³-hybridized carbons (Fsp3) is 0.545. The Hall–Kier alpha value is -5.16. The molecule has 4 heterocycles. The topological polar surface area (TPSA) is 220 Å². The highest BCUT2D eigenvalue weighted by molar-refractivity contribution is 6.23. The number of carbonyl (C=O) groups is 3. The molecule has 4 aliphatic rings. The maximum atomic E-state index is 14.5. The van der Waals surface area contributed by atoms with Crippen molar-refractivity contribution in [2.75, 3.05) is 45.2 Å². The largest absolute Gasteiger partial charge is 0.507 e. The van der Waals surface area contributed by atoms with Gasteiger partial charge >= 0.3 is 11.8 Å². The second-order valence-corrected chi connectivity index (χ2v) is 16.3. The Morgan fingerprint density at radius 1 is 0.967 bits per heavy atom. The number of nitrogens with one attached hydrogen (secondary N) is 1. The number of benzene rings is 2. The molecular weight excluding hydrogens is 776 g/mol. The summed E-state index contributed by atoms with van der Waals surface area (Å²) < 4.78 is 23.6. The quantitative estimate of drug-likeness (QED) is 0.104. The average molecular weight is 837 g/mol. The number of allylic oxidation sites excluding steroid dienone is 2. The number of hydrogen-bond acceptors (Lipinski definition) is 15. The van der Waals surface area contributed by atoms with Crippen molar-refractivity contribution in [1.29, 1.82) is 0 Å². The van der Waals surface area contributed by atoms with Crippen LogP contribution in [-0.2, 0) is 23.8 Å². The molecule has 328 valence electrons. The first-order chi connectivity index (χ1) is 28.3. The number of hydrazone groups is 1. The molecule has 5 bridgehead atoms. The number of aromatic hydroxyl groups is 3. The molecule has 0 radical (unpaired) electrons. The van der Waals surface area contributed by atoms with Crippen molar-refractivity contribution in [2.24, 2.45) is 28.8 Å². The fourth-order valence-electron chi connectivity index (χ4n) is 8.18. The summed E-state index contributed by atoms with van der Waals surface area (Å²) in [5.74, 6) is -8.33. The molecule has 6 N–H and O–H groups in total. The van der Waals surface area contributed by atoms with Crippen molar-refractivity contribution >= 4 is 40.3 Å². The smallest absolute Gasteiger partial charge is 0.312 e. The number of phenolic OH excluding ortho intramolecular Hbond substituents is 3. The Kier molecular flexibility index (Phi) is 14.3. The lowest BCUT2D eigenvalue weighted by atomic mass is 9.78. The van der Waals surface area contributed by atoms with Crippen molar-refractivity contribution in [1.82, 2.24) is 9.91 Å². The minimum atomic E-state index is -2.04. The maximum Gasteiger partial charge on any atom is 0.312 e. The number of amides is 1. The first-order valence-corrected chi connectivity index (χ1v) is 20.4. The summed E-state index contributed by atoms with van der Waals surface area (Å²) in [7, 11) is 1.44. The number of carbonyl (C=O) groups excluding carboxylic acids is 3. The van der Waals surface area contributed by atoms with Crippen LogP contribution in [0.15, 0.2) is 41.2 Å². The van der Waals surface area contributed by atoms with E-state index >= 15 is 0 Å². The lowest BCUT2D eigenvalue weighted by Crippen LogP contribution is -2.46. The number of piperazine rings is 1. The molecule has 2 aromatic carbocycles. The van der Waals surface area contributed by atoms with Gasteiger partial charge in [-0.2, -0.15) is 5.10 Å². The van der Waals surface area contributed by atoms with Crippen LogP contribution in [0.5, 0.6) is 23.0 Å². The van der Waals surface area contributed by atoms with E-state index < -0.39 is 88.8 Å². The number of aliphatic hydroxyl groups excluding tert-OH is 2.